The number of aromatic nitrogens is 4. The predicted octanol–water partition coefficient (Wildman–Crippen LogP) is 5.45. The lowest BCUT2D eigenvalue weighted by atomic mass is 9.80. The summed E-state index contributed by atoms with van der Waals surface area (Å²) in [5, 5.41) is 13.8. The molecule has 3 aromatic heterocycles. The second-order valence-electron chi connectivity index (χ2n) is 8.78. The van der Waals surface area contributed by atoms with Crippen LogP contribution in [0.5, 0.6) is 0 Å². The molecule has 0 bridgehead atoms. The van der Waals surface area contributed by atoms with E-state index in [9.17, 15) is 9.90 Å². The quantitative estimate of drug-likeness (QED) is 0.498. The van der Waals surface area contributed by atoms with Crippen molar-refractivity contribution < 1.29 is 9.90 Å². The Morgan fingerprint density at radius 1 is 1.16 bits per heavy atom. The Hall–Kier alpha value is -2.74. The van der Waals surface area contributed by atoms with Crippen molar-refractivity contribution in [2.45, 2.75) is 57.3 Å². The Labute approximate surface area is 194 Å². The van der Waals surface area contributed by atoms with Crippen LogP contribution in [-0.2, 0) is 4.79 Å². The lowest BCUT2D eigenvalue weighted by Crippen LogP contribution is -2.21. The summed E-state index contributed by atoms with van der Waals surface area (Å²) in [5.41, 5.74) is 12.2. The maximum atomic E-state index is 11.3. The summed E-state index contributed by atoms with van der Waals surface area (Å²) < 4.78 is 2.40. The van der Waals surface area contributed by atoms with Gasteiger partial charge in [-0.05, 0) is 78.9 Å². The summed E-state index contributed by atoms with van der Waals surface area (Å²) in [4.78, 5) is 21.0. The van der Waals surface area contributed by atoms with Gasteiger partial charge in [-0.2, -0.15) is 9.61 Å². The number of carbonyl (C=O) groups is 1. The van der Waals surface area contributed by atoms with Gasteiger partial charge in [-0.25, -0.2) is 4.98 Å². The van der Waals surface area contributed by atoms with Gasteiger partial charge in [0.25, 0.3) is 0 Å². The van der Waals surface area contributed by atoms with E-state index in [1.807, 2.05) is 6.20 Å². The van der Waals surface area contributed by atoms with Crippen molar-refractivity contribution in [3.8, 4) is 11.1 Å². The molecule has 1 saturated carbocycles. The number of pyridine rings is 1. The van der Waals surface area contributed by atoms with Gasteiger partial charge in [0.15, 0.2) is 5.65 Å². The zero-order valence-corrected chi connectivity index (χ0v) is 19.4. The maximum absolute atomic E-state index is 11.3. The highest BCUT2D eigenvalue weighted by Crippen LogP contribution is 2.40. The van der Waals surface area contributed by atoms with Crippen molar-refractivity contribution in [3.05, 3.63) is 46.5 Å². The number of rotatable bonds is 4. The van der Waals surface area contributed by atoms with Gasteiger partial charge in [0.1, 0.15) is 5.82 Å². The summed E-state index contributed by atoms with van der Waals surface area (Å²) in [6.07, 6.45) is 13.5. The molecule has 0 radical (unpaired) electrons. The van der Waals surface area contributed by atoms with Crippen LogP contribution in [0.25, 0.3) is 22.3 Å². The fraction of sp³-hybridized carbons (Fsp3) is 0.417. The van der Waals surface area contributed by atoms with E-state index in [-0.39, 0.29) is 11.8 Å². The van der Waals surface area contributed by atoms with Crippen LogP contribution in [0.15, 0.2) is 35.1 Å². The van der Waals surface area contributed by atoms with Crippen molar-refractivity contribution in [3.63, 3.8) is 0 Å². The van der Waals surface area contributed by atoms with E-state index in [2.05, 4.69) is 39.2 Å². The number of hydrogen-bond acceptors (Lipinski definition) is 5. The highest BCUT2D eigenvalue weighted by atomic mass is 79.9. The number of anilines is 1. The molecule has 3 aromatic rings. The normalized spacial score (nSPS) is 21.5. The molecule has 7 nitrogen and oxygen atoms in total. The molecule has 0 aliphatic heterocycles. The Morgan fingerprint density at radius 2 is 1.97 bits per heavy atom. The Morgan fingerprint density at radius 3 is 2.62 bits per heavy atom. The van der Waals surface area contributed by atoms with Crippen molar-refractivity contribution in [2.75, 3.05) is 5.73 Å². The predicted molar refractivity (Wildman–Crippen MR) is 127 cm³/mol. The number of fused-ring (bicyclic) bond motifs is 1. The molecule has 3 N–H and O–H groups in total. The number of carboxylic acid groups (broad SMARTS) is 1. The first-order valence-electron chi connectivity index (χ1n) is 11.2. The third-order valence-corrected chi connectivity index (χ3v) is 7.62. The van der Waals surface area contributed by atoms with E-state index in [1.165, 1.54) is 18.4 Å². The number of nitrogens with zero attached hydrogens (tertiary/aromatic N) is 4. The maximum Gasteiger partial charge on any atom is 0.306 e. The van der Waals surface area contributed by atoms with E-state index in [0.717, 1.165) is 52.7 Å². The largest absolute Gasteiger partial charge is 0.481 e. The molecule has 32 heavy (non-hydrogen) atoms. The third kappa shape index (κ3) is 3.81. The molecule has 0 atom stereocenters. The Bertz CT molecular complexity index is 1190. The lowest BCUT2D eigenvalue weighted by molar-refractivity contribution is -0.142. The van der Waals surface area contributed by atoms with Gasteiger partial charge in [0, 0.05) is 23.2 Å². The summed E-state index contributed by atoms with van der Waals surface area (Å²) in [6, 6.07) is 4.15. The number of aliphatic carboxylic acids is 1. The first-order chi connectivity index (χ1) is 15.5. The molecule has 166 valence electrons. The molecular formula is C24H26BrN5O2. The minimum Gasteiger partial charge on any atom is -0.481 e. The third-order valence-electron chi connectivity index (χ3n) is 6.81. The zero-order chi connectivity index (χ0) is 22.2. The Balaban J connectivity index is 1.49. The Kier molecular flexibility index (Phi) is 5.71. The van der Waals surface area contributed by atoms with Gasteiger partial charge >= 0.3 is 5.97 Å². The van der Waals surface area contributed by atoms with Gasteiger partial charge < -0.3 is 10.8 Å². The molecule has 2 aliphatic rings. The molecule has 1 fully saturated rings. The average Bonchev–Trinajstić information content (AvgIpc) is 3.26. The topological polar surface area (TPSA) is 106 Å². The monoisotopic (exact) mass is 495 g/mol. The van der Waals surface area contributed by atoms with Crippen LogP contribution in [-0.4, -0.2) is 30.7 Å². The number of carboxylic acids is 1. The van der Waals surface area contributed by atoms with Crippen LogP contribution in [0, 0.1) is 5.92 Å². The van der Waals surface area contributed by atoms with E-state index < -0.39 is 5.97 Å². The molecule has 0 saturated heterocycles. The lowest BCUT2D eigenvalue weighted by Gasteiger charge is -2.26. The summed E-state index contributed by atoms with van der Waals surface area (Å²) >= 11 is 3.62. The fourth-order valence-corrected chi connectivity index (χ4v) is 5.50. The van der Waals surface area contributed by atoms with Crippen LogP contribution >= 0.6 is 15.9 Å². The van der Waals surface area contributed by atoms with Crippen molar-refractivity contribution in [1.82, 2.24) is 19.6 Å². The number of halogens is 1. The molecular weight excluding hydrogens is 470 g/mol. The average molecular weight is 496 g/mol. The zero-order valence-electron chi connectivity index (χ0n) is 17.8. The van der Waals surface area contributed by atoms with Crippen LogP contribution in [0.3, 0.4) is 0 Å². The van der Waals surface area contributed by atoms with Crippen LogP contribution in [0.2, 0.25) is 0 Å². The van der Waals surface area contributed by atoms with Crippen LogP contribution < -0.4 is 5.73 Å². The summed E-state index contributed by atoms with van der Waals surface area (Å²) in [7, 11) is 0. The molecule has 3 heterocycles. The second-order valence-corrected chi connectivity index (χ2v) is 9.58. The second kappa shape index (κ2) is 8.65. The first-order valence-corrected chi connectivity index (χ1v) is 12.0. The van der Waals surface area contributed by atoms with E-state index in [0.29, 0.717) is 24.3 Å². The molecule has 5 rings (SSSR count). The summed E-state index contributed by atoms with van der Waals surface area (Å²) in [6.45, 7) is 0. The van der Waals surface area contributed by atoms with Gasteiger partial charge in [-0.3, -0.25) is 9.78 Å². The number of allylic oxidation sites excluding steroid dienone is 2. The molecule has 0 amide bonds. The van der Waals surface area contributed by atoms with Gasteiger partial charge in [0.05, 0.1) is 28.0 Å². The van der Waals surface area contributed by atoms with Gasteiger partial charge in [0.2, 0.25) is 0 Å². The molecule has 0 aromatic carbocycles. The van der Waals surface area contributed by atoms with E-state index in [1.54, 1.807) is 10.7 Å². The van der Waals surface area contributed by atoms with Crippen molar-refractivity contribution in [1.29, 1.82) is 0 Å². The van der Waals surface area contributed by atoms with Crippen LogP contribution in [0.4, 0.5) is 5.82 Å². The minimum atomic E-state index is -0.705. The first kappa shape index (κ1) is 21.1. The standard InChI is InChI=1S/C24H26BrN5O2/c25-20-21(15-6-8-16(9-7-15)24(31)32)29-23-18(13-28-30(23)22(20)26)17-10-11-19(27-12-17)14-4-2-1-3-5-14/h4,10-13,15-16H,1-3,5-9,26H2,(H,31,32)/t15-,16-. The minimum absolute atomic E-state index is 0.175. The number of nitrogen functional groups attached to an aromatic ring is 1. The fourth-order valence-electron chi connectivity index (χ4n) is 4.92. The highest BCUT2D eigenvalue weighted by Gasteiger charge is 2.30. The number of nitrogens with two attached hydrogens (primary N) is 1. The molecule has 8 heteroatoms. The van der Waals surface area contributed by atoms with E-state index >= 15 is 0 Å². The highest BCUT2D eigenvalue weighted by molar-refractivity contribution is 9.10. The number of hydrogen-bond donors (Lipinski definition) is 2. The summed E-state index contributed by atoms with van der Waals surface area (Å²) in [5.74, 6) is -0.286. The van der Waals surface area contributed by atoms with Crippen molar-refractivity contribution in [2.24, 2.45) is 5.92 Å². The van der Waals surface area contributed by atoms with E-state index in [4.69, 9.17) is 15.7 Å². The van der Waals surface area contributed by atoms with Crippen LogP contribution in [0.1, 0.15) is 68.7 Å². The molecule has 0 spiro atoms. The molecule has 0 unspecified atom stereocenters. The van der Waals surface area contributed by atoms with Crippen molar-refractivity contribution >= 4 is 38.9 Å². The van der Waals surface area contributed by atoms with Gasteiger partial charge in [-0.1, -0.05) is 12.1 Å². The van der Waals surface area contributed by atoms with Gasteiger partial charge in [-0.15, -0.1) is 0 Å². The molecule has 2 aliphatic carbocycles. The smallest absolute Gasteiger partial charge is 0.306 e. The SMILES string of the molecule is Nc1c(Br)c([C@H]2CC[C@H](C(=O)O)CC2)nc2c(-c3ccc(C4=CCCCC4)nc3)cnn12.